The average molecular weight is 263 g/mol. The van der Waals surface area contributed by atoms with E-state index < -0.39 is 0 Å². The van der Waals surface area contributed by atoms with E-state index in [9.17, 15) is 0 Å². The van der Waals surface area contributed by atoms with Crippen molar-refractivity contribution in [2.45, 2.75) is 24.8 Å². The normalized spacial score (nSPS) is 10.6. The van der Waals surface area contributed by atoms with Crippen LogP contribution in [0.3, 0.4) is 0 Å². The summed E-state index contributed by atoms with van der Waals surface area (Å²) in [7, 11) is 1.98. The first kappa shape index (κ1) is 12.9. The van der Waals surface area contributed by atoms with Crippen molar-refractivity contribution >= 4 is 17.6 Å². The van der Waals surface area contributed by atoms with Crippen LogP contribution in [0, 0.1) is 6.92 Å². The van der Waals surface area contributed by atoms with E-state index >= 15 is 0 Å². The molecule has 0 aliphatic carbocycles. The minimum Gasteiger partial charge on any atom is -0.370 e. The third-order valence-corrected chi connectivity index (χ3v) is 3.69. The molecule has 0 bridgehead atoms. The van der Waals surface area contributed by atoms with Crippen LogP contribution < -0.4 is 5.32 Å². The Bertz CT molecular complexity index is 523. The van der Waals surface area contributed by atoms with Crippen LogP contribution in [0.1, 0.15) is 18.3 Å². The van der Waals surface area contributed by atoms with E-state index in [2.05, 4.69) is 33.5 Å². The van der Waals surface area contributed by atoms with Crippen molar-refractivity contribution in [3.63, 3.8) is 0 Å². The van der Waals surface area contributed by atoms with E-state index in [4.69, 9.17) is 0 Å². The van der Waals surface area contributed by atoms with E-state index in [1.165, 1.54) is 5.56 Å². The largest absolute Gasteiger partial charge is 0.370 e. The highest BCUT2D eigenvalue weighted by molar-refractivity contribution is 7.98. The van der Waals surface area contributed by atoms with E-state index in [1.807, 2.05) is 30.8 Å². The molecule has 96 valence electrons. The Morgan fingerprint density at radius 1 is 1.39 bits per heavy atom. The van der Waals surface area contributed by atoms with Crippen LogP contribution in [-0.2, 0) is 12.8 Å². The summed E-state index contributed by atoms with van der Waals surface area (Å²) in [5, 5.41) is 12.3. The topological polar surface area (TPSA) is 55.6 Å². The molecule has 2 aromatic rings. The van der Waals surface area contributed by atoms with Crippen LogP contribution in [0.15, 0.2) is 23.5 Å². The van der Waals surface area contributed by atoms with Crippen molar-refractivity contribution in [3.05, 3.63) is 29.7 Å². The van der Waals surface area contributed by atoms with Gasteiger partial charge in [-0.1, -0.05) is 11.8 Å². The molecule has 0 spiro atoms. The van der Waals surface area contributed by atoms with E-state index in [1.54, 1.807) is 11.8 Å². The number of thioether (sulfide) groups is 1. The van der Waals surface area contributed by atoms with Gasteiger partial charge in [0.05, 0.1) is 0 Å². The summed E-state index contributed by atoms with van der Waals surface area (Å²) in [5.74, 6) is 2.72. The second-order valence-corrected chi connectivity index (χ2v) is 4.90. The summed E-state index contributed by atoms with van der Waals surface area (Å²) in [5.41, 5.74) is 1.23. The third kappa shape index (κ3) is 3.01. The molecule has 18 heavy (non-hydrogen) atoms. The minimum atomic E-state index is 0.868. The average Bonchev–Trinajstić information content (AvgIpc) is 2.69. The molecule has 0 fully saturated rings. The van der Waals surface area contributed by atoms with Gasteiger partial charge in [0.15, 0.2) is 5.16 Å². The molecule has 0 saturated heterocycles. The second-order valence-electron chi connectivity index (χ2n) is 3.96. The maximum Gasteiger partial charge on any atom is 0.191 e. The lowest BCUT2D eigenvalue weighted by atomic mass is 10.3. The van der Waals surface area contributed by atoms with Gasteiger partial charge in [0.2, 0.25) is 0 Å². The van der Waals surface area contributed by atoms with Gasteiger partial charge in [0, 0.05) is 25.5 Å². The predicted molar refractivity (Wildman–Crippen MR) is 73.7 cm³/mol. The zero-order valence-corrected chi connectivity index (χ0v) is 11.7. The fourth-order valence-corrected chi connectivity index (χ4v) is 2.40. The first-order chi connectivity index (χ1) is 8.70. The molecule has 0 aliphatic rings. The van der Waals surface area contributed by atoms with Crippen molar-refractivity contribution < 1.29 is 0 Å². The van der Waals surface area contributed by atoms with Gasteiger partial charge in [-0.2, -0.15) is 0 Å². The molecule has 5 nitrogen and oxygen atoms in total. The van der Waals surface area contributed by atoms with Gasteiger partial charge in [-0.05, 0) is 31.5 Å². The molecule has 0 atom stereocenters. The molecule has 0 amide bonds. The predicted octanol–water partition coefficient (Wildman–Crippen LogP) is 2.24. The first-order valence-electron chi connectivity index (χ1n) is 5.88. The summed E-state index contributed by atoms with van der Waals surface area (Å²) in [4.78, 5) is 4.25. The van der Waals surface area contributed by atoms with Crippen molar-refractivity contribution in [3.8, 4) is 0 Å². The quantitative estimate of drug-likeness (QED) is 0.838. The molecule has 0 aromatic carbocycles. The SMILES string of the molecule is CCNc1cc(CSc2nnc(C)n2C)ccn1. The monoisotopic (exact) mass is 263 g/mol. The summed E-state index contributed by atoms with van der Waals surface area (Å²) < 4.78 is 2.00. The van der Waals surface area contributed by atoms with Gasteiger partial charge in [-0.25, -0.2) is 4.98 Å². The van der Waals surface area contributed by atoms with Gasteiger partial charge in [0.25, 0.3) is 0 Å². The molecule has 1 N–H and O–H groups in total. The maximum atomic E-state index is 4.25. The number of nitrogens with zero attached hydrogens (tertiary/aromatic N) is 4. The van der Waals surface area contributed by atoms with Crippen molar-refractivity contribution in [1.82, 2.24) is 19.7 Å². The summed E-state index contributed by atoms with van der Waals surface area (Å²) in [6.07, 6.45) is 1.83. The number of hydrogen-bond acceptors (Lipinski definition) is 5. The molecule has 0 unspecified atom stereocenters. The number of anilines is 1. The van der Waals surface area contributed by atoms with Crippen LogP contribution >= 0.6 is 11.8 Å². The number of aromatic nitrogens is 4. The molecule has 6 heteroatoms. The lowest BCUT2D eigenvalue weighted by Gasteiger charge is -2.05. The lowest BCUT2D eigenvalue weighted by Crippen LogP contribution is -1.99. The Kier molecular flexibility index (Phi) is 4.19. The fraction of sp³-hybridized carbons (Fsp3) is 0.417. The molecule has 2 heterocycles. The number of rotatable bonds is 5. The molecule has 0 radical (unpaired) electrons. The molecule has 0 aliphatic heterocycles. The highest BCUT2D eigenvalue weighted by Crippen LogP contribution is 2.21. The zero-order chi connectivity index (χ0) is 13.0. The third-order valence-electron chi connectivity index (χ3n) is 2.60. The van der Waals surface area contributed by atoms with E-state index in [0.29, 0.717) is 0 Å². The molecule has 0 saturated carbocycles. The van der Waals surface area contributed by atoms with Crippen molar-refractivity contribution in [2.75, 3.05) is 11.9 Å². The first-order valence-corrected chi connectivity index (χ1v) is 6.87. The Balaban J connectivity index is 2.01. The Labute approximate surface area is 111 Å². The molecule has 2 rings (SSSR count). The fourth-order valence-electron chi connectivity index (χ4n) is 1.50. The van der Waals surface area contributed by atoms with Gasteiger partial charge in [0.1, 0.15) is 11.6 Å². The van der Waals surface area contributed by atoms with Crippen LogP contribution in [0.2, 0.25) is 0 Å². The second kappa shape index (κ2) is 5.86. The van der Waals surface area contributed by atoms with Crippen LogP contribution in [0.25, 0.3) is 0 Å². The minimum absolute atomic E-state index is 0.868. The van der Waals surface area contributed by atoms with Crippen molar-refractivity contribution in [1.29, 1.82) is 0 Å². The van der Waals surface area contributed by atoms with Gasteiger partial charge >= 0.3 is 0 Å². The summed E-state index contributed by atoms with van der Waals surface area (Å²) in [6, 6.07) is 4.09. The van der Waals surface area contributed by atoms with Crippen LogP contribution in [-0.4, -0.2) is 26.3 Å². The molecular weight excluding hydrogens is 246 g/mol. The Morgan fingerprint density at radius 2 is 2.22 bits per heavy atom. The summed E-state index contributed by atoms with van der Waals surface area (Å²) in [6.45, 7) is 4.89. The lowest BCUT2D eigenvalue weighted by molar-refractivity contribution is 0.765. The standard InChI is InChI=1S/C12H17N5S/c1-4-13-11-7-10(5-6-14-11)8-18-12-16-15-9(2)17(12)3/h5-7H,4,8H2,1-3H3,(H,13,14). The maximum absolute atomic E-state index is 4.25. The van der Waals surface area contributed by atoms with Gasteiger partial charge in [-0.15, -0.1) is 10.2 Å². The van der Waals surface area contributed by atoms with E-state index in [0.717, 1.165) is 29.1 Å². The van der Waals surface area contributed by atoms with Gasteiger partial charge in [-0.3, -0.25) is 0 Å². The Hall–Kier alpha value is -1.56. The highest BCUT2D eigenvalue weighted by atomic mass is 32.2. The molecular formula is C12H17N5S. The number of nitrogens with one attached hydrogen (secondary N) is 1. The Morgan fingerprint density at radius 3 is 2.89 bits per heavy atom. The number of aryl methyl sites for hydroxylation is 1. The molecule has 2 aromatic heterocycles. The number of pyridine rings is 1. The smallest absolute Gasteiger partial charge is 0.191 e. The number of hydrogen-bond donors (Lipinski definition) is 1. The zero-order valence-electron chi connectivity index (χ0n) is 10.8. The van der Waals surface area contributed by atoms with Crippen molar-refractivity contribution in [2.24, 2.45) is 7.05 Å². The van der Waals surface area contributed by atoms with Gasteiger partial charge < -0.3 is 9.88 Å². The highest BCUT2D eigenvalue weighted by Gasteiger charge is 2.06. The van der Waals surface area contributed by atoms with Crippen LogP contribution in [0.5, 0.6) is 0 Å². The summed E-state index contributed by atoms with van der Waals surface area (Å²) >= 11 is 1.68. The van der Waals surface area contributed by atoms with E-state index in [-0.39, 0.29) is 0 Å². The van der Waals surface area contributed by atoms with Crippen LogP contribution in [0.4, 0.5) is 5.82 Å².